The van der Waals surface area contributed by atoms with Crippen LogP contribution in [-0.2, 0) is 0 Å². The predicted octanol–water partition coefficient (Wildman–Crippen LogP) is 2.07. The Balaban J connectivity index is 1.61. The summed E-state index contributed by atoms with van der Waals surface area (Å²) in [5, 5.41) is 10.7. The van der Waals surface area contributed by atoms with Gasteiger partial charge in [0.2, 0.25) is 0 Å². The van der Waals surface area contributed by atoms with Gasteiger partial charge in [0.1, 0.15) is 5.75 Å². The average molecular weight is 293 g/mol. The van der Waals surface area contributed by atoms with Crippen LogP contribution in [0.5, 0.6) is 5.75 Å². The molecule has 1 heterocycles. The van der Waals surface area contributed by atoms with E-state index in [2.05, 4.69) is 6.92 Å². The lowest BCUT2D eigenvalue weighted by Gasteiger charge is -2.27. The second-order valence-corrected chi connectivity index (χ2v) is 5.99. The zero-order valence-electron chi connectivity index (χ0n) is 12.7. The Morgan fingerprint density at radius 3 is 2.81 bits per heavy atom. The van der Waals surface area contributed by atoms with Crippen LogP contribution < -0.4 is 9.64 Å². The van der Waals surface area contributed by atoms with E-state index in [9.17, 15) is 10.1 Å². The highest BCUT2D eigenvalue weighted by Crippen LogP contribution is 2.19. The second-order valence-electron chi connectivity index (χ2n) is 5.99. The van der Waals surface area contributed by atoms with Crippen LogP contribution in [0.4, 0.5) is 5.69 Å². The molecule has 1 aromatic carbocycles. The maximum absolute atomic E-state index is 10.7. The van der Waals surface area contributed by atoms with Crippen molar-refractivity contribution < 1.29 is 14.6 Å². The van der Waals surface area contributed by atoms with Crippen LogP contribution in [0.3, 0.4) is 0 Å². The molecule has 5 nitrogen and oxygen atoms in total. The summed E-state index contributed by atoms with van der Waals surface area (Å²) in [6.07, 6.45) is 4.85. The number of likely N-dealkylation sites (tertiary alicyclic amines) is 1. The third kappa shape index (κ3) is 5.34. The first-order chi connectivity index (χ1) is 10.1. The summed E-state index contributed by atoms with van der Waals surface area (Å²) in [5.41, 5.74) is 0.0828. The molecule has 1 aliphatic rings. The van der Waals surface area contributed by atoms with Gasteiger partial charge in [-0.15, -0.1) is 0 Å². The lowest BCUT2D eigenvalue weighted by molar-refractivity contribution is -0.906. The summed E-state index contributed by atoms with van der Waals surface area (Å²) < 4.78 is 5.59. The molecule has 1 N–H and O–H groups in total. The molecule has 0 aromatic heterocycles. The standard InChI is InChI=1S/C16H24N2O3/c1-14-7-10-17(11-8-14)9-2-3-12-21-16-6-4-5-15(13-16)18(19)20/h4-6,13-14H,2-3,7-12H2,1H3/p+1. The molecule has 0 aliphatic carbocycles. The van der Waals surface area contributed by atoms with Crippen LogP contribution >= 0.6 is 0 Å². The molecule has 1 aliphatic heterocycles. The van der Waals surface area contributed by atoms with Gasteiger partial charge in [0.15, 0.2) is 0 Å². The Labute approximate surface area is 126 Å². The molecular formula is C16H25N2O3+. The highest BCUT2D eigenvalue weighted by atomic mass is 16.6. The first kappa shape index (κ1) is 15.8. The quantitative estimate of drug-likeness (QED) is 0.476. The van der Waals surface area contributed by atoms with Crippen LogP contribution in [0.1, 0.15) is 32.6 Å². The van der Waals surface area contributed by atoms with Crippen LogP contribution in [0.15, 0.2) is 24.3 Å². The number of hydrogen-bond acceptors (Lipinski definition) is 3. The van der Waals surface area contributed by atoms with Gasteiger partial charge in [-0.2, -0.15) is 0 Å². The molecular weight excluding hydrogens is 268 g/mol. The van der Waals surface area contributed by atoms with Crippen molar-refractivity contribution in [1.29, 1.82) is 0 Å². The number of nitrogens with zero attached hydrogens (tertiary/aromatic N) is 1. The first-order valence-corrected chi connectivity index (χ1v) is 7.86. The molecule has 0 atom stereocenters. The molecule has 0 spiro atoms. The Kier molecular flexibility index (Phi) is 5.99. The summed E-state index contributed by atoms with van der Waals surface area (Å²) in [5.74, 6) is 1.48. The van der Waals surface area contributed by atoms with E-state index in [1.54, 1.807) is 17.0 Å². The van der Waals surface area contributed by atoms with Crippen LogP contribution in [0.25, 0.3) is 0 Å². The zero-order valence-corrected chi connectivity index (χ0v) is 12.7. The lowest BCUT2D eigenvalue weighted by atomic mass is 9.99. The van der Waals surface area contributed by atoms with Gasteiger partial charge >= 0.3 is 0 Å². The first-order valence-electron chi connectivity index (χ1n) is 7.86. The molecule has 21 heavy (non-hydrogen) atoms. The van der Waals surface area contributed by atoms with Crippen molar-refractivity contribution in [3.05, 3.63) is 34.4 Å². The Hall–Kier alpha value is -1.62. The molecule has 0 saturated carbocycles. The van der Waals surface area contributed by atoms with E-state index < -0.39 is 4.92 Å². The van der Waals surface area contributed by atoms with Gasteiger partial charge in [-0.25, -0.2) is 0 Å². The summed E-state index contributed by atoms with van der Waals surface area (Å²) in [6.45, 7) is 6.78. The van der Waals surface area contributed by atoms with Gasteiger partial charge in [0, 0.05) is 6.07 Å². The fourth-order valence-electron chi connectivity index (χ4n) is 2.77. The Morgan fingerprint density at radius 2 is 2.10 bits per heavy atom. The fourth-order valence-corrected chi connectivity index (χ4v) is 2.77. The van der Waals surface area contributed by atoms with E-state index in [0.29, 0.717) is 12.4 Å². The largest absolute Gasteiger partial charge is 0.493 e. The molecule has 1 saturated heterocycles. The van der Waals surface area contributed by atoms with Crippen molar-refractivity contribution in [3.63, 3.8) is 0 Å². The number of quaternary nitrogens is 1. The smallest absolute Gasteiger partial charge is 0.273 e. The number of piperidine rings is 1. The Bertz CT molecular complexity index is 457. The van der Waals surface area contributed by atoms with Gasteiger partial charge in [0.25, 0.3) is 5.69 Å². The normalized spacial score (nSPS) is 22.0. The predicted molar refractivity (Wildman–Crippen MR) is 81.8 cm³/mol. The van der Waals surface area contributed by atoms with Crippen LogP contribution in [-0.4, -0.2) is 31.2 Å². The molecule has 0 unspecified atom stereocenters. The number of unbranched alkanes of at least 4 members (excludes halogenated alkanes) is 1. The third-order valence-electron chi connectivity index (χ3n) is 4.20. The molecule has 0 amide bonds. The van der Waals surface area contributed by atoms with Crippen LogP contribution in [0, 0.1) is 16.0 Å². The number of nitro benzene ring substituents is 1. The SMILES string of the molecule is CC1CC[NH+](CCCCOc2cccc([N+](=O)[O-])c2)CC1. The van der Waals surface area contributed by atoms with E-state index >= 15 is 0 Å². The highest BCUT2D eigenvalue weighted by molar-refractivity contribution is 5.37. The molecule has 2 rings (SSSR count). The minimum atomic E-state index is -0.395. The second kappa shape index (κ2) is 7.98. The average Bonchev–Trinajstić information content (AvgIpc) is 2.49. The maximum Gasteiger partial charge on any atom is 0.273 e. The van der Waals surface area contributed by atoms with E-state index in [0.717, 1.165) is 18.8 Å². The third-order valence-corrected chi connectivity index (χ3v) is 4.20. The molecule has 1 aromatic rings. The molecule has 0 bridgehead atoms. The number of non-ortho nitro benzene ring substituents is 1. The summed E-state index contributed by atoms with van der Waals surface area (Å²) in [4.78, 5) is 12.0. The van der Waals surface area contributed by atoms with Crippen molar-refractivity contribution in [1.82, 2.24) is 0 Å². The molecule has 5 heteroatoms. The van der Waals surface area contributed by atoms with E-state index in [1.807, 2.05) is 0 Å². The summed E-state index contributed by atoms with van der Waals surface area (Å²) in [6, 6.07) is 6.39. The highest BCUT2D eigenvalue weighted by Gasteiger charge is 2.17. The van der Waals surface area contributed by atoms with Crippen molar-refractivity contribution in [2.24, 2.45) is 5.92 Å². The van der Waals surface area contributed by atoms with E-state index in [4.69, 9.17) is 4.74 Å². The van der Waals surface area contributed by atoms with Crippen molar-refractivity contribution in [3.8, 4) is 5.75 Å². The number of benzene rings is 1. The molecule has 116 valence electrons. The minimum absolute atomic E-state index is 0.0828. The number of nitro groups is 1. The van der Waals surface area contributed by atoms with Gasteiger partial charge in [-0.3, -0.25) is 10.1 Å². The Morgan fingerprint density at radius 1 is 1.33 bits per heavy atom. The number of hydrogen-bond donors (Lipinski definition) is 1. The number of rotatable bonds is 7. The summed E-state index contributed by atoms with van der Waals surface area (Å²) in [7, 11) is 0. The van der Waals surface area contributed by atoms with Gasteiger partial charge in [0.05, 0.1) is 37.2 Å². The van der Waals surface area contributed by atoms with Gasteiger partial charge in [-0.05, 0) is 37.7 Å². The van der Waals surface area contributed by atoms with Gasteiger partial charge in [-0.1, -0.05) is 13.0 Å². The van der Waals surface area contributed by atoms with E-state index in [-0.39, 0.29) is 5.69 Å². The van der Waals surface area contributed by atoms with Crippen LogP contribution in [0.2, 0.25) is 0 Å². The summed E-state index contributed by atoms with van der Waals surface area (Å²) >= 11 is 0. The number of ether oxygens (including phenoxy) is 1. The number of nitrogens with one attached hydrogen (secondary N) is 1. The van der Waals surface area contributed by atoms with Gasteiger partial charge < -0.3 is 9.64 Å². The van der Waals surface area contributed by atoms with Crippen molar-refractivity contribution in [2.75, 3.05) is 26.2 Å². The molecule has 1 fully saturated rings. The van der Waals surface area contributed by atoms with Crippen molar-refractivity contribution in [2.45, 2.75) is 32.6 Å². The lowest BCUT2D eigenvalue weighted by Crippen LogP contribution is -3.13. The topological polar surface area (TPSA) is 56.8 Å². The zero-order chi connectivity index (χ0) is 15.1. The monoisotopic (exact) mass is 293 g/mol. The van der Waals surface area contributed by atoms with Crippen molar-refractivity contribution >= 4 is 5.69 Å². The fraction of sp³-hybridized carbons (Fsp3) is 0.625. The minimum Gasteiger partial charge on any atom is -0.493 e. The molecule has 0 radical (unpaired) electrons. The maximum atomic E-state index is 10.7. The van der Waals surface area contributed by atoms with E-state index in [1.165, 1.54) is 44.6 Å².